The Bertz CT molecular complexity index is 907. The Kier molecular flexibility index (Phi) is 6.51. The van der Waals surface area contributed by atoms with Crippen LogP contribution < -0.4 is 10.5 Å². The van der Waals surface area contributed by atoms with Crippen LogP contribution in [0, 0.1) is 13.8 Å². The highest BCUT2D eigenvalue weighted by atomic mass is 32.2. The summed E-state index contributed by atoms with van der Waals surface area (Å²) < 4.78 is 23.2. The Morgan fingerprint density at radius 2 is 2.04 bits per heavy atom. The van der Waals surface area contributed by atoms with Crippen LogP contribution >= 0.6 is 11.3 Å². The summed E-state index contributed by atoms with van der Waals surface area (Å²) >= 11 is 1.61. The third kappa shape index (κ3) is 5.34. The maximum absolute atomic E-state index is 12.3. The third-order valence-corrected chi connectivity index (χ3v) is 5.93. The summed E-state index contributed by atoms with van der Waals surface area (Å²) in [7, 11) is -2.00. The highest BCUT2D eigenvalue weighted by Gasteiger charge is 2.15. The number of likely N-dealkylation sites (N-methyl/N-ethyl adjacent to an activating group) is 1. The van der Waals surface area contributed by atoms with Crippen LogP contribution in [0.2, 0.25) is 0 Å². The van der Waals surface area contributed by atoms with Gasteiger partial charge in [-0.1, -0.05) is 6.92 Å². The average molecular weight is 397 g/mol. The van der Waals surface area contributed by atoms with E-state index in [9.17, 15) is 13.2 Å². The first-order valence-electron chi connectivity index (χ1n) is 8.16. The zero-order valence-corrected chi connectivity index (χ0v) is 17.0. The van der Waals surface area contributed by atoms with E-state index in [-0.39, 0.29) is 17.3 Å². The van der Waals surface area contributed by atoms with E-state index in [2.05, 4.69) is 17.2 Å². The highest BCUT2D eigenvalue weighted by Crippen LogP contribution is 2.23. The van der Waals surface area contributed by atoms with Gasteiger partial charge in [-0.15, -0.1) is 11.3 Å². The molecule has 7 nitrogen and oxygen atoms in total. The van der Waals surface area contributed by atoms with Gasteiger partial charge in [0, 0.05) is 17.6 Å². The number of thiazole rings is 1. The van der Waals surface area contributed by atoms with Crippen molar-refractivity contribution in [2.24, 2.45) is 5.14 Å². The van der Waals surface area contributed by atoms with Crippen molar-refractivity contribution in [3.8, 4) is 0 Å². The van der Waals surface area contributed by atoms with Crippen LogP contribution in [-0.2, 0) is 27.8 Å². The number of amides is 1. The van der Waals surface area contributed by atoms with E-state index < -0.39 is 10.0 Å². The molecule has 0 saturated heterocycles. The van der Waals surface area contributed by atoms with E-state index >= 15 is 0 Å². The van der Waals surface area contributed by atoms with Gasteiger partial charge in [-0.2, -0.15) is 0 Å². The monoisotopic (exact) mass is 396 g/mol. The molecular weight excluding hydrogens is 372 g/mol. The van der Waals surface area contributed by atoms with Crippen molar-refractivity contribution >= 4 is 33.0 Å². The van der Waals surface area contributed by atoms with Gasteiger partial charge in [0.25, 0.3) is 0 Å². The first-order chi connectivity index (χ1) is 12.1. The summed E-state index contributed by atoms with van der Waals surface area (Å²) in [5.74, 6) is -0.229. The summed E-state index contributed by atoms with van der Waals surface area (Å²) in [5.41, 5.74) is 2.94. The van der Waals surface area contributed by atoms with Crippen molar-refractivity contribution in [1.29, 1.82) is 0 Å². The largest absolute Gasteiger partial charge is 0.325 e. The number of primary sulfonamides is 1. The Labute approximate surface area is 158 Å². The molecule has 2 aromatic rings. The molecule has 1 aromatic carbocycles. The van der Waals surface area contributed by atoms with E-state index in [0.717, 1.165) is 28.2 Å². The topological polar surface area (TPSA) is 105 Å². The van der Waals surface area contributed by atoms with Gasteiger partial charge < -0.3 is 5.32 Å². The second-order valence-electron chi connectivity index (χ2n) is 6.26. The molecule has 142 valence electrons. The zero-order chi connectivity index (χ0) is 19.5. The van der Waals surface area contributed by atoms with Crippen LogP contribution in [-0.4, -0.2) is 37.8 Å². The molecule has 0 bridgehead atoms. The fourth-order valence-electron chi connectivity index (χ4n) is 2.47. The molecule has 0 unspecified atom stereocenters. The molecule has 3 N–H and O–H groups in total. The molecule has 0 saturated carbocycles. The maximum Gasteiger partial charge on any atom is 0.238 e. The molecule has 2 rings (SSSR count). The second kappa shape index (κ2) is 8.26. The summed E-state index contributed by atoms with van der Waals surface area (Å²) in [6.07, 6.45) is 0.897. The number of hydrogen-bond acceptors (Lipinski definition) is 6. The summed E-state index contributed by atoms with van der Waals surface area (Å²) in [6.45, 7) is 6.39. The van der Waals surface area contributed by atoms with Crippen LogP contribution in [0.3, 0.4) is 0 Å². The predicted molar refractivity (Wildman–Crippen MR) is 104 cm³/mol. The zero-order valence-electron chi connectivity index (χ0n) is 15.4. The van der Waals surface area contributed by atoms with Crippen molar-refractivity contribution < 1.29 is 13.2 Å². The van der Waals surface area contributed by atoms with Crippen molar-refractivity contribution in [1.82, 2.24) is 9.88 Å². The predicted octanol–water partition coefficient (Wildman–Crippen LogP) is 2.04. The summed E-state index contributed by atoms with van der Waals surface area (Å²) in [6, 6.07) is 2.89. The minimum Gasteiger partial charge on any atom is -0.325 e. The standard InChI is InChI=1S/C17H24N4O3S2/c1-5-17-19-13(10-25-17)8-21(4)9-16(22)20-15-7-14(26(18,23)24)6-11(2)12(15)3/h6-7,10H,5,8-9H2,1-4H3,(H,20,22)(H2,18,23,24). The number of nitrogens with two attached hydrogens (primary N) is 1. The normalized spacial score (nSPS) is 11.8. The average Bonchev–Trinajstić information content (AvgIpc) is 2.97. The third-order valence-electron chi connectivity index (χ3n) is 3.99. The lowest BCUT2D eigenvalue weighted by Gasteiger charge is -2.17. The van der Waals surface area contributed by atoms with Crippen LogP contribution in [0.1, 0.15) is 28.8 Å². The van der Waals surface area contributed by atoms with E-state index in [1.54, 1.807) is 18.3 Å². The van der Waals surface area contributed by atoms with E-state index in [0.29, 0.717) is 12.2 Å². The number of aryl methyl sites for hydroxylation is 2. The smallest absolute Gasteiger partial charge is 0.238 e. The molecular formula is C17H24N4O3S2. The number of rotatable bonds is 7. The number of carbonyl (C=O) groups is 1. The maximum atomic E-state index is 12.3. The van der Waals surface area contributed by atoms with Crippen LogP contribution in [0.25, 0.3) is 0 Å². The highest BCUT2D eigenvalue weighted by molar-refractivity contribution is 7.89. The van der Waals surface area contributed by atoms with E-state index in [4.69, 9.17) is 5.14 Å². The molecule has 1 amide bonds. The van der Waals surface area contributed by atoms with Crippen LogP contribution in [0.4, 0.5) is 5.69 Å². The first-order valence-corrected chi connectivity index (χ1v) is 10.6. The van der Waals surface area contributed by atoms with Gasteiger partial charge >= 0.3 is 0 Å². The molecule has 0 aliphatic carbocycles. The molecule has 0 aliphatic rings. The lowest BCUT2D eigenvalue weighted by molar-refractivity contribution is -0.117. The molecule has 9 heteroatoms. The fraction of sp³-hybridized carbons (Fsp3) is 0.412. The van der Waals surface area contributed by atoms with Crippen molar-refractivity contribution in [3.63, 3.8) is 0 Å². The van der Waals surface area contributed by atoms with Crippen molar-refractivity contribution in [2.75, 3.05) is 18.9 Å². The van der Waals surface area contributed by atoms with E-state index in [1.807, 2.05) is 24.3 Å². The molecule has 1 heterocycles. The number of nitrogens with zero attached hydrogens (tertiary/aromatic N) is 2. The van der Waals surface area contributed by atoms with Gasteiger partial charge in [0.15, 0.2) is 0 Å². The fourth-order valence-corrected chi connectivity index (χ4v) is 3.83. The number of nitrogens with one attached hydrogen (secondary N) is 1. The molecule has 0 radical (unpaired) electrons. The molecule has 0 fully saturated rings. The molecule has 0 aliphatic heterocycles. The Balaban J connectivity index is 2.06. The second-order valence-corrected chi connectivity index (χ2v) is 8.77. The molecule has 0 atom stereocenters. The Hall–Kier alpha value is -1.81. The Morgan fingerprint density at radius 3 is 2.62 bits per heavy atom. The van der Waals surface area contributed by atoms with Gasteiger partial charge in [0.05, 0.1) is 22.1 Å². The molecule has 0 spiro atoms. The lowest BCUT2D eigenvalue weighted by Crippen LogP contribution is -2.30. The van der Waals surface area contributed by atoms with Gasteiger partial charge in [-0.05, 0) is 50.6 Å². The number of benzene rings is 1. The number of carbonyl (C=O) groups excluding carboxylic acids is 1. The Morgan fingerprint density at radius 1 is 1.35 bits per heavy atom. The van der Waals surface area contributed by atoms with Crippen molar-refractivity contribution in [3.05, 3.63) is 39.3 Å². The minimum atomic E-state index is -3.83. The van der Waals surface area contributed by atoms with Crippen LogP contribution in [0.15, 0.2) is 22.4 Å². The first kappa shape index (κ1) is 20.5. The molecule has 26 heavy (non-hydrogen) atoms. The number of hydrogen-bond donors (Lipinski definition) is 2. The van der Waals surface area contributed by atoms with Gasteiger partial charge in [-0.25, -0.2) is 18.5 Å². The van der Waals surface area contributed by atoms with Crippen molar-refractivity contribution in [2.45, 2.75) is 38.6 Å². The summed E-state index contributed by atoms with van der Waals surface area (Å²) in [4.78, 5) is 18.7. The number of sulfonamides is 1. The van der Waals surface area contributed by atoms with Gasteiger partial charge in [-0.3, -0.25) is 9.69 Å². The molecule has 1 aromatic heterocycles. The minimum absolute atomic E-state index is 0.0150. The van der Waals surface area contributed by atoms with E-state index in [1.165, 1.54) is 12.1 Å². The summed E-state index contributed by atoms with van der Waals surface area (Å²) in [5, 5.41) is 11.0. The quantitative estimate of drug-likeness (QED) is 0.745. The van der Waals surface area contributed by atoms with Crippen LogP contribution in [0.5, 0.6) is 0 Å². The van der Waals surface area contributed by atoms with Gasteiger partial charge in [0.1, 0.15) is 0 Å². The SMILES string of the molecule is CCc1nc(CN(C)CC(=O)Nc2cc(S(N)(=O)=O)cc(C)c2C)cs1. The number of anilines is 1. The number of aromatic nitrogens is 1. The van der Waals surface area contributed by atoms with Gasteiger partial charge in [0.2, 0.25) is 15.9 Å². The lowest BCUT2D eigenvalue weighted by atomic mass is 10.1.